The first kappa shape index (κ1) is 20.7. The highest BCUT2D eigenvalue weighted by Gasteiger charge is 2.47. The molecule has 0 amide bonds. The van der Waals surface area contributed by atoms with Crippen LogP contribution in [0.5, 0.6) is 0 Å². The summed E-state index contributed by atoms with van der Waals surface area (Å²) in [6.45, 7) is 5.90. The number of rotatable bonds is 9. The van der Waals surface area contributed by atoms with Crippen molar-refractivity contribution in [3.05, 3.63) is 71.8 Å². The summed E-state index contributed by atoms with van der Waals surface area (Å²) in [4.78, 5) is 25.8. The van der Waals surface area contributed by atoms with Crippen LogP contribution in [0.2, 0.25) is 0 Å². The molecular formula is C23H28O4. The largest absolute Gasteiger partial charge is 0.466 e. The fourth-order valence-corrected chi connectivity index (χ4v) is 3.31. The van der Waals surface area contributed by atoms with Gasteiger partial charge in [0, 0.05) is 0 Å². The van der Waals surface area contributed by atoms with E-state index in [2.05, 4.69) is 0 Å². The molecule has 2 unspecified atom stereocenters. The fraction of sp³-hybridized carbons (Fsp3) is 0.391. The van der Waals surface area contributed by atoms with Gasteiger partial charge in [-0.2, -0.15) is 0 Å². The van der Waals surface area contributed by atoms with Crippen LogP contribution in [0, 0.1) is 11.3 Å². The van der Waals surface area contributed by atoms with E-state index in [0.717, 1.165) is 11.1 Å². The van der Waals surface area contributed by atoms with Crippen molar-refractivity contribution in [3.63, 3.8) is 0 Å². The lowest BCUT2D eigenvalue weighted by Gasteiger charge is -2.34. The van der Waals surface area contributed by atoms with Crippen LogP contribution in [0.15, 0.2) is 60.7 Å². The van der Waals surface area contributed by atoms with Crippen LogP contribution >= 0.6 is 0 Å². The maximum Gasteiger partial charge on any atom is 0.313 e. The molecule has 0 heterocycles. The Morgan fingerprint density at radius 1 is 0.852 bits per heavy atom. The smallest absolute Gasteiger partial charge is 0.313 e. The monoisotopic (exact) mass is 368 g/mol. The van der Waals surface area contributed by atoms with Crippen LogP contribution in [0.3, 0.4) is 0 Å². The minimum absolute atomic E-state index is 0.268. The molecule has 144 valence electrons. The van der Waals surface area contributed by atoms with E-state index < -0.39 is 11.3 Å². The molecule has 0 bridgehead atoms. The van der Waals surface area contributed by atoms with Crippen LogP contribution in [0.4, 0.5) is 0 Å². The maximum atomic E-state index is 13.0. The molecule has 0 aliphatic heterocycles. The molecular weight excluding hydrogens is 340 g/mol. The highest BCUT2D eigenvalue weighted by molar-refractivity contribution is 5.85. The van der Waals surface area contributed by atoms with Crippen molar-refractivity contribution >= 4 is 11.9 Å². The second-order valence-electron chi connectivity index (χ2n) is 6.79. The molecule has 0 aromatic heterocycles. The Labute approximate surface area is 161 Å². The van der Waals surface area contributed by atoms with E-state index >= 15 is 0 Å². The second kappa shape index (κ2) is 9.91. The van der Waals surface area contributed by atoms with Gasteiger partial charge in [-0.15, -0.1) is 0 Å². The van der Waals surface area contributed by atoms with Gasteiger partial charge in [0.2, 0.25) is 0 Å². The third-order valence-electron chi connectivity index (χ3n) is 4.78. The van der Waals surface area contributed by atoms with Crippen molar-refractivity contribution in [1.29, 1.82) is 0 Å². The molecule has 0 spiro atoms. The van der Waals surface area contributed by atoms with Gasteiger partial charge in [0.25, 0.3) is 0 Å². The number of carbonyl (C=O) groups excluding carboxylic acids is 2. The van der Waals surface area contributed by atoms with E-state index in [9.17, 15) is 9.59 Å². The molecule has 0 saturated carbocycles. The molecule has 4 heteroatoms. The average Bonchev–Trinajstić information content (AvgIpc) is 2.68. The number of ether oxygens (including phenoxy) is 2. The Balaban J connectivity index is 2.43. The quantitative estimate of drug-likeness (QED) is 0.622. The molecule has 0 fully saturated rings. The third kappa shape index (κ3) is 5.43. The van der Waals surface area contributed by atoms with Crippen molar-refractivity contribution in [3.8, 4) is 0 Å². The molecule has 0 aliphatic carbocycles. The van der Waals surface area contributed by atoms with Gasteiger partial charge < -0.3 is 9.47 Å². The number of hydrogen-bond acceptors (Lipinski definition) is 4. The third-order valence-corrected chi connectivity index (χ3v) is 4.78. The first-order valence-corrected chi connectivity index (χ1v) is 9.43. The first-order chi connectivity index (χ1) is 13.0. The highest BCUT2D eigenvalue weighted by atomic mass is 16.5. The zero-order valence-corrected chi connectivity index (χ0v) is 16.3. The summed E-state index contributed by atoms with van der Waals surface area (Å²) in [6.07, 6.45) is 0.824. The van der Waals surface area contributed by atoms with Gasteiger partial charge in [-0.05, 0) is 44.7 Å². The van der Waals surface area contributed by atoms with E-state index in [-0.39, 0.29) is 25.2 Å². The van der Waals surface area contributed by atoms with Crippen LogP contribution in [-0.4, -0.2) is 25.2 Å². The van der Waals surface area contributed by atoms with Gasteiger partial charge in [0.15, 0.2) is 0 Å². The van der Waals surface area contributed by atoms with Crippen LogP contribution in [0.1, 0.15) is 31.9 Å². The molecule has 2 aromatic carbocycles. The van der Waals surface area contributed by atoms with Crippen molar-refractivity contribution in [1.82, 2.24) is 0 Å². The SMILES string of the molecule is CCOC(=O)C(Cc1ccccc1)C(C)(Cc1ccccc1)C(=O)OCC. The number of carbonyl (C=O) groups is 2. The standard InChI is InChI=1S/C23H28O4/c1-4-26-21(24)20(16-18-12-8-6-9-13-18)23(3,22(25)27-5-2)17-19-14-10-7-11-15-19/h6-15,20H,4-5,16-17H2,1-3H3. The van der Waals surface area contributed by atoms with E-state index in [0.29, 0.717) is 12.8 Å². The molecule has 0 radical (unpaired) electrons. The number of hydrogen-bond donors (Lipinski definition) is 0. The minimum atomic E-state index is -1.03. The van der Waals surface area contributed by atoms with Gasteiger partial charge in [0.1, 0.15) is 0 Å². The summed E-state index contributed by atoms with van der Waals surface area (Å²) in [6, 6.07) is 19.4. The zero-order valence-electron chi connectivity index (χ0n) is 16.3. The lowest BCUT2D eigenvalue weighted by Crippen LogP contribution is -2.45. The van der Waals surface area contributed by atoms with Gasteiger partial charge in [-0.1, -0.05) is 60.7 Å². The predicted octanol–water partition coefficient (Wildman–Crippen LogP) is 4.22. The van der Waals surface area contributed by atoms with Gasteiger partial charge in [-0.3, -0.25) is 9.59 Å². The van der Waals surface area contributed by atoms with E-state index in [1.165, 1.54) is 0 Å². The highest BCUT2D eigenvalue weighted by Crippen LogP contribution is 2.36. The summed E-state index contributed by atoms with van der Waals surface area (Å²) in [5, 5.41) is 0. The predicted molar refractivity (Wildman–Crippen MR) is 105 cm³/mol. The molecule has 2 rings (SSSR count). The molecule has 0 N–H and O–H groups in total. The van der Waals surface area contributed by atoms with Crippen molar-refractivity contribution in [2.24, 2.45) is 11.3 Å². The first-order valence-electron chi connectivity index (χ1n) is 9.43. The second-order valence-corrected chi connectivity index (χ2v) is 6.79. The van der Waals surface area contributed by atoms with Crippen molar-refractivity contribution in [2.45, 2.75) is 33.6 Å². The van der Waals surface area contributed by atoms with Crippen LogP contribution in [0.25, 0.3) is 0 Å². The van der Waals surface area contributed by atoms with Gasteiger partial charge in [0.05, 0.1) is 24.5 Å². The summed E-state index contributed by atoms with van der Waals surface area (Å²) >= 11 is 0. The Morgan fingerprint density at radius 3 is 1.89 bits per heavy atom. The molecule has 2 aromatic rings. The van der Waals surface area contributed by atoms with Crippen molar-refractivity contribution < 1.29 is 19.1 Å². The lowest BCUT2D eigenvalue weighted by atomic mass is 9.70. The average molecular weight is 368 g/mol. The Kier molecular flexibility index (Phi) is 7.59. The zero-order chi connectivity index (χ0) is 19.7. The summed E-state index contributed by atoms with van der Waals surface area (Å²) in [7, 11) is 0. The molecule has 0 aliphatic rings. The lowest BCUT2D eigenvalue weighted by molar-refractivity contribution is -0.168. The molecule has 2 atom stereocenters. The number of esters is 2. The summed E-state index contributed by atoms with van der Waals surface area (Å²) < 4.78 is 10.7. The topological polar surface area (TPSA) is 52.6 Å². The molecule has 4 nitrogen and oxygen atoms in total. The summed E-state index contributed by atoms with van der Waals surface area (Å²) in [5.41, 5.74) is 0.939. The minimum Gasteiger partial charge on any atom is -0.466 e. The molecule has 27 heavy (non-hydrogen) atoms. The van der Waals surface area contributed by atoms with Gasteiger partial charge >= 0.3 is 11.9 Å². The van der Waals surface area contributed by atoms with Gasteiger partial charge in [-0.25, -0.2) is 0 Å². The van der Waals surface area contributed by atoms with Crippen LogP contribution in [-0.2, 0) is 31.9 Å². The Hall–Kier alpha value is -2.62. The Bertz CT molecular complexity index is 727. The van der Waals surface area contributed by atoms with Crippen LogP contribution < -0.4 is 0 Å². The van der Waals surface area contributed by atoms with Crippen molar-refractivity contribution in [2.75, 3.05) is 13.2 Å². The Morgan fingerprint density at radius 2 is 1.37 bits per heavy atom. The summed E-state index contributed by atoms with van der Waals surface area (Å²) in [5.74, 6) is -1.38. The van der Waals surface area contributed by atoms with E-state index in [1.807, 2.05) is 67.6 Å². The van der Waals surface area contributed by atoms with E-state index in [4.69, 9.17) is 9.47 Å². The maximum absolute atomic E-state index is 13.0. The fourth-order valence-electron chi connectivity index (χ4n) is 3.31. The molecule has 0 saturated heterocycles. The number of benzene rings is 2. The van der Waals surface area contributed by atoms with E-state index in [1.54, 1.807) is 13.8 Å². The normalized spacial score (nSPS) is 14.0.